The van der Waals surface area contributed by atoms with Crippen LogP contribution >= 0.6 is 0 Å². The summed E-state index contributed by atoms with van der Waals surface area (Å²) in [5.74, 6) is -2.35. The van der Waals surface area contributed by atoms with Crippen molar-refractivity contribution in [1.29, 1.82) is 0 Å². The fourth-order valence-corrected chi connectivity index (χ4v) is 2.58. The number of amides is 3. The number of anilines is 1. The zero-order valence-corrected chi connectivity index (χ0v) is 14.5. The normalized spacial score (nSPS) is 14.5. The lowest BCUT2D eigenvalue weighted by molar-refractivity contribution is -0.156. The molecule has 1 aromatic rings. The Morgan fingerprint density at radius 1 is 1.16 bits per heavy atom. The SMILES string of the molecule is CCN1CCN(CC(=O)Nc2ccc(C)cc2C(=O)OC)C(=O)C1=O. The van der Waals surface area contributed by atoms with E-state index in [2.05, 4.69) is 5.32 Å². The van der Waals surface area contributed by atoms with Crippen molar-refractivity contribution >= 4 is 29.4 Å². The Morgan fingerprint density at radius 2 is 1.80 bits per heavy atom. The minimum absolute atomic E-state index is 0.231. The highest BCUT2D eigenvalue weighted by molar-refractivity contribution is 6.35. The van der Waals surface area contributed by atoms with E-state index in [0.29, 0.717) is 25.3 Å². The first-order chi connectivity index (χ1) is 11.9. The van der Waals surface area contributed by atoms with Crippen LogP contribution in [0, 0.1) is 6.92 Å². The van der Waals surface area contributed by atoms with Gasteiger partial charge in [-0.2, -0.15) is 0 Å². The maximum absolute atomic E-state index is 12.3. The van der Waals surface area contributed by atoms with Crippen molar-refractivity contribution in [3.05, 3.63) is 29.3 Å². The van der Waals surface area contributed by atoms with Crippen LogP contribution in [0.4, 0.5) is 5.69 Å². The molecule has 1 aliphatic heterocycles. The molecule has 0 bridgehead atoms. The summed E-state index contributed by atoms with van der Waals surface area (Å²) in [7, 11) is 1.26. The maximum Gasteiger partial charge on any atom is 0.339 e. The van der Waals surface area contributed by atoms with E-state index in [0.717, 1.165) is 5.56 Å². The standard InChI is InChI=1S/C17H21N3O5/c1-4-19-7-8-20(16(23)15(19)22)10-14(21)18-13-6-5-11(2)9-12(13)17(24)25-3/h5-6,9H,4,7-8,10H2,1-3H3,(H,18,21). The van der Waals surface area contributed by atoms with E-state index < -0.39 is 23.7 Å². The topological polar surface area (TPSA) is 96.0 Å². The molecule has 3 amide bonds. The summed E-state index contributed by atoms with van der Waals surface area (Å²) in [6.07, 6.45) is 0. The second-order valence-corrected chi connectivity index (χ2v) is 5.70. The van der Waals surface area contributed by atoms with Gasteiger partial charge >= 0.3 is 17.8 Å². The second-order valence-electron chi connectivity index (χ2n) is 5.70. The molecule has 0 aliphatic carbocycles. The molecule has 2 rings (SSSR count). The van der Waals surface area contributed by atoms with Crippen LogP contribution in [-0.2, 0) is 19.1 Å². The smallest absolute Gasteiger partial charge is 0.339 e. The lowest BCUT2D eigenvalue weighted by Gasteiger charge is -2.32. The highest BCUT2D eigenvalue weighted by Gasteiger charge is 2.32. The van der Waals surface area contributed by atoms with Gasteiger partial charge in [0.15, 0.2) is 0 Å². The van der Waals surface area contributed by atoms with Gasteiger partial charge in [0, 0.05) is 19.6 Å². The number of piperazine rings is 1. The van der Waals surface area contributed by atoms with Crippen LogP contribution in [0.3, 0.4) is 0 Å². The molecule has 1 N–H and O–H groups in total. The number of methoxy groups -OCH3 is 1. The average molecular weight is 347 g/mol. The third kappa shape index (κ3) is 4.14. The minimum atomic E-state index is -0.694. The number of likely N-dealkylation sites (N-methyl/N-ethyl adjacent to an activating group) is 1. The van der Waals surface area contributed by atoms with Crippen molar-refractivity contribution in [1.82, 2.24) is 9.80 Å². The Bertz CT molecular complexity index is 716. The minimum Gasteiger partial charge on any atom is -0.465 e. The second kappa shape index (κ2) is 7.78. The van der Waals surface area contributed by atoms with Gasteiger partial charge in [0.05, 0.1) is 18.4 Å². The molecule has 0 unspecified atom stereocenters. The number of aryl methyl sites for hydroxylation is 1. The van der Waals surface area contributed by atoms with E-state index in [-0.39, 0.29) is 12.1 Å². The molecule has 1 aromatic carbocycles. The highest BCUT2D eigenvalue weighted by Crippen LogP contribution is 2.18. The predicted molar refractivity (Wildman–Crippen MR) is 90.0 cm³/mol. The molecule has 134 valence electrons. The third-order valence-corrected chi connectivity index (χ3v) is 3.97. The third-order valence-electron chi connectivity index (χ3n) is 3.97. The molecule has 1 heterocycles. The van der Waals surface area contributed by atoms with Crippen molar-refractivity contribution in [3.63, 3.8) is 0 Å². The number of carbonyl (C=O) groups excluding carboxylic acids is 4. The summed E-state index contributed by atoms with van der Waals surface area (Å²) >= 11 is 0. The number of benzene rings is 1. The molecule has 8 nitrogen and oxygen atoms in total. The Balaban J connectivity index is 2.07. The van der Waals surface area contributed by atoms with Crippen LogP contribution in [0.5, 0.6) is 0 Å². The molecule has 1 fully saturated rings. The summed E-state index contributed by atoms with van der Waals surface area (Å²) in [6, 6.07) is 4.95. The van der Waals surface area contributed by atoms with Crippen LogP contribution in [0.1, 0.15) is 22.8 Å². The monoisotopic (exact) mass is 347 g/mol. The summed E-state index contributed by atoms with van der Waals surface area (Å²) in [5.41, 5.74) is 1.37. The molecule has 0 atom stereocenters. The van der Waals surface area contributed by atoms with E-state index in [1.54, 1.807) is 25.1 Å². The molecule has 0 radical (unpaired) electrons. The van der Waals surface area contributed by atoms with Crippen molar-refractivity contribution in [2.24, 2.45) is 0 Å². The van der Waals surface area contributed by atoms with Crippen molar-refractivity contribution in [2.75, 3.05) is 38.6 Å². The van der Waals surface area contributed by atoms with Crippen LogP contribution < -0.4 is 5.32 Å². The lowest BCUT2D eigenvalue weighted by Crippen LogP contribution is -2.55. The van der Waals surface area contributed by atoms with Gasteiger partial charge in [0.1, 0.15) is 6.54 Å². The molecular formula is C17H21N3O5. The van der Waals surface area contributed by atoms with Gasteiger partial charge in [0.2, 0.25) is 5.91 Å². The fourth-order valence-electron chi connectivity index (χ4n) is 2.58. The molecule has 1 aliphatic rings. The summed E-state index contributed by atoms with van der Waals surface area (Å²) in [5, 5.41) is 2.60. The number of esters is 1. The first kappa shape index (κ1) is 18.4. The Kier molecular flexibility index (Phi) is 5.74. The molecule has 0 saturated carbocycles. The van der Waals surface area contributed by atoms with Crippen molar-refractivity contribution in [2.45, 2.75) is 13.8 Å². The number of nitrogens with one attached hydrogen (secondary N) is 1. The van der Waals surface area contributed by atoms with Gasteiger partial charge in [0.25, 0.3) is 0 Å². The lowest BCUT2D eigenvalue weighted by atomic mass is 10.1. The predicted octanol–water partition coefficient (Wildman–Crippen LogP) is 0.411. The molecule has 25 heavy (non-hydrogen) atoms. The van der Waals surface area contributed by atoms with Gasteiger partial charge in [-0.15, -0.1) is 0 Å². The van der Waals surface area contributed by atoms with Crippen molar-refractivity contribution in [3.8, 4) is 0 Å². The molecule has 8 heteroatoms. The number of nitrogens with zero attached hydrogens (tertiary/aromatic N) is 2. The number of hydrogen-bond donors (Lipinski definition) is 1. The Hall–Kier alpha value is -2.90. The molecule has 0 aromatic heterocycles. The zero-order chi connectivity index (χ0) is 18.6. The summed E-state index contributed by atoms with van der Waals surface area (Å²) in [6.45, 7) is 4.50. The number of rotatable bonds is 5. The van der Waals surface area contributed by atoms with E-state index in [1.807, 2.05) is 6.92 Å². The Morgan fingerprint density at radius 3 is 2.44 bits per heavy atom. The van der Waals surface area contributed by atoms with Gasteiger partial charge in [-0.05, 0) is 26.0 Å². The molecule has 1 saturated heterocycles. The van der Waals surface area contributed by atoms with Crippen molar-refractivity contribution < 1.29 is 23.9 Å². The molecular weight excluding hydrogens is 326 g/mol. The zero-order valence-electron chi connectivity index (χ0n) is 14.5. The highest BCUT2D eigenvalue weighted by atomic mass is 16.5. The van der Waals surface area contributed by atoms with Crippen LogP contribution in [0.25, 0.3) is 0 Å². The summed E-state index contributed by atoms with van der Waals surface area (Å²) in [4.78, 5) is 50.6. The van der Waals surface area contributed by atoms with Gasteiger partial charge in [-0.1, -0.05) is 11.6 Å². The van der Waals surface area contributed by atoms with E-state index >= 15 is 0 Å². The summed E-state index contributed by atoms with van der Waals surface area (Å²) < 4.78 is 4.71. The van der Waals surface area contributed by atoms with Crippen LogP contribution in [0.2, 0.25) is 0 Å². The van der Waals surface area contributed by atoms with Gasteiger partial charge < -0.3 is 19.9 Å². The number of hydrogen-bond acceptors (Lipinski definition) is 5. The average Bonchev–Trinajstić information content (AvgIpc) is 2.60. The van der Waals surface area contributed by atoms with Gasteiger partial charge in [-0.3, -0.25) is 14.4 Å². The van der Waals surface area contributed by atoms with E-state index in [1.165, 1.54) is 16.9 Å². The molecule has 0 spiro atoms. The maximum atomic E-state index is 12.3. The fraction of sp³-hybridized carbons (Fsp3) is 0.412. The van der Waals surface area contributed by atoms with E-state index in [4.69, 9.17) is 4.74 Å². The first-order valence-electron chi connectivity index (χ1n) is 7.94. The van der Waals surface area contributed by atoms with E-state index in [9.17, 15) is 19.2 Å². The first-order valence-corrected chi connectivity index (χ1v) is 7.94. The number of carbonyl (C=O) groups is 4. The quantitative estimate of drug-likeness (QED) is 0.615. The van der Waals surface area contributed by atoms with Crippen LogP contribution in [0.15, 0.2) is 18.2 Å². The number of ether oxygens (including phenoxy) is 1. The van der Waals surface area contributed by atoms with Gasteiger partial charge in [-0.25, -0.2) is 4.79 Å². The largest absolute Gasteiger partial charge is 0.465 e. The van der Waals surface area contributed by atoms with Crippen LogP contribution in [-0.4, -0.2) is 66.8 Å². The Labute approximate surface area is 145 Å².